The molecule has 2 aromatic rings. The van der Waals surface area contributed by atoms with Gasteiger partial charge in [-0.1, -0.05) is 50.1 Å². The number of unbranched alkanes of at least 4 members (excludes halogenated alkanes) is 1. The molecule has 1 aliphatic heterocycles. The molecule has 158 valence electrons. The zero-order chi connectivity index (χ0) is 20.5. The lowest BCUT2D eigenvalue weighted by Gasteiger charge is -2.36. The standard InChI is InChI=1S/C24H34N2O3/c1-4-5-11-21(26-14-12-25-13-15-26)20-16-23(27-2)24(28-3)17-22(20)29-18-19-9-7-6-8-10-19/h6-10,16-17,21,25H,4-5,11-15,18H2,1-3H3/t21-/m1/s1. The zero-order valence-corrected chi connectivity index (χ0v) is 17.9. The number of piperazine rings is 1. The fraction of sp³-hybridized carbons (Fsp3) is 0.500. The van der Waals surface area contributed by atoms with E-state index in [1.165, 1.54) is 18.4 Å². The molecule has 1 saturated heterocycles. The van der Waals surface area contributed by atoms with Gasteiger partial charge in [-0.05, 0) is 18.1 Å². The van der Waals surface area contributed by atoms with Crippen molar-refractivity contribution in [1.82, 2.24) is 10.2 Å². The van der Waals surface area contributed by atoms with Gasteiger partial charge in [0.25, 0.3) is 0 Å². The number of benzene rings is 2. The third-order valence-corrected chi connectivity index (χ3v) is 5.54. The van der Waals surface area contributed by atoms with Gasteiger partial charge in [0.15, 0.2) is 11.5 Å². The highest BCUT2D eigenvalue weighted by molar-refractivity contribution is 5.52. The number of nitrogens with one attached hydrogen (secondary N) is 1. The predicted octanol–water partition coefficient (Wildman–Crippen LogP) is 4.42. The van der Waals surface area contributed by atoms with Crippen LogP contribution in [-0.2, 0) is 6.61 Å². The molecular weight excluding hydrogens is 364 g/mol. The van der Waals surface area contributed by atoms with Crippen molar-refractivity contribution in [2.24, 2.45) is 0 Å². The second kappa shape index (κ2) is 11.1. The lowest BCUT2D eigenvalue weighted by molar-refractivity contribution is 0.158. The quantitative estimate of drug-likeness (QED) is 0.642. The van der Waals surface area contributed by atoms with Gasteiger partial charge in [-0.15, -0.1) is 0 Å². The lowest BCUT2D eigenvalue weighted by Crippen LogP contribution is -2.45. The second-order valence-corrected chi connectivity index (χ2v) is 7.46. The first-order valence-electron chi connectivity index (χ1n) is 10.6. The number of methoxy groups -OCH3 is 2. The molecule has 1 aliphatic rings. The van der Waals surface area contributed by atoms with Gasteiger partial charge < -0.3 is 19.5 Å². The van der Waals surface area contributed by atoms with Crippen LogP contribution in [0.1, 0.15) is 43.4 Å². The summed E-state index contributed by atoms with van der Waals surface area (Å²) in [5.41, 5.74) is 2.34. The second-order valence-electron chi connectivity index (χ2n) is 7.46. The normalized spacial score (nSPS) is 15.7. The summed E-state index contributed by atoms with van der Waals surface area (Å²) < 4.78 is 17.5. The molecule has 0 aromatic heterocycles. The van der Waals surface area contributed by atoms with Crippen molar-refractivity contribution in [3.8, 4) is 17.2 Å². The van der Waals surface area contributed by atoms with Crippen LogP contribution in [0.5, 0.6) is 17.2 Å². The minimum atomic E-state index is 0.308. The lowest BCUT2D eigenvalue weighted by atomic mass is 9.97. The molecule has 0 unspecified atom stereocenters. The SMILES string of the molecule is CCCC[C@H](c1cc(OC)c(OC)cc1OCc1ccccc1)N1CCNCC1. The Kier molecular flexibility index (Phi) is 8.20. The Bertz CT molecular complexity index is 745. The van der Waals surface area contributed by atoms with Gasteiger partial charge in [-0.2, -0.15) is 0 Å². The van der Waals surface area contributed by atoms with E-state index in [0.717, 1.165) is 49.7 Å². The molecule has 29 heavy (non-hydrogen) atoms. The van der Waals surface area contributed by atoms with E-state index in [2.05, 4.69) is 35.3 Å². The van der Waals surface area contributed by atoms with Gasteiger partial charge in [-0.25, -0.2) is 0 Å². The van der Waals surface area contributed by atoms with Crippen LogP contribution in [0.25, 0.3) is 0 Å². The minimum Gasteiger partial charge on any atom is -0.493 e. The van der Waals surface area contributed by atoms with Crippen LogP contribution < -0.4 is 19.5 Å². The fourth-order valence-electron chi connectivity index (χ4n) is 3.92. The van der Waals surface area contributed by atoms with Gasteiger partial charge >= 0.3 is 0 Å². The minimum absolute atomic E-state index is 0.308. The summed E-state index contributed by atoms with van der Waals surface area (Å²) in [6, 6.07) is 14.7. The van der Waals surface area contributed by atoms with Crippen LogP contribution >= 0.6 is 0 Å². The van der Waals surface area contributed by atoms with Crippen LogP contribution in [0.2, 0.25) is 0 Å². The van der Waals surface area contributed by atoms with E-state index in [4.69, 9.17) is 14.2 Å². The highest BCUT2D eigenvalue weighted by Crippen LogP contribution is 2.41. The molecule has 1 fully saturated rings. The zero-order valence-electron chi connectivity index (χ0n) is 17.9. The summed E-state index contributed by atoms with van der Waals surface area (Å²) >= 11 is 0. The van der Waals surface area contributed by atoms with Crippen molar-refractivity contribution in [2.45, 2.75) is 38.8 Å². The summed E-state index contributed by atoms with van der Waals surface area (Å²) in [6.07, 6.45) is 3.46. The molecule has 5 nitrogen and oxygen atoms in total. The number of ether oxygens (including phenoxy) is 3. The van der Waals surface area contributed by atoms with E-state index in [-0.39, 0.29) is 0 Å². The maximum Gasteiger partial charge on any atom is 0.164 e. The van der Waals surface area contributed by atoms with Crippen molar-refractivity contribution in [1.29, 1.82) is 0 Å². The average Bonchev–Trinajstić information content (AvgIpc) is 2.79. The highest BCUT2D eigenvalue weighted by Gasteiger charge is 2.26. The number of rotatable bonds is 10. The maximum atomic E-state index is 6.34. The van der Waals surface area contributed by atoms with E-state index in [1.807, 2.05) is 24.3 Å². The Balaban J connectivity index is 1.95. The third-order valence-electron chi connectivity index (χ3n) is 5.54. The smallest absolute Gasteiger partial charge is 0.164 e. The average molecular weight is 399 g/mol. The van der Waals surface area contributed by atoms with Crippen molar-refractivity contribution < 1.29 is 14.2 Å². The highest BCUT2D eigenvalue weighted by atomic mass is 16.5. The Labute approximate surface area is 175 Å². The molecule has 5 heteroatoms. The first-order valence-corrected chi connectivity index (χ1v) is 10.6. The van der Waals surface area contributed by atoms with Gasteiger partial charge in [0.05, 0.1) is 14.2 Å². The van der Waals surface area contributed by atoms with Crippen LogP contribution in [0.4, 0.5) is 0 Å². The van der Waals surface area contributed by atoms with Crippen molar-refractivity contribution in [3.05, 3.63) is 53.6 Å². The Morgan fingerprint density at radius 3 is 2.31 bits per heavy atom. The molecule has 0 saturated carbocycles. The van der Waals surface area contributed by atoms with E-state index in [0.29, 0.717) is 18.4 Å². The van der Waals surface area contributed by atoms with Crippen molar-refractivity contribution in [2.75, 3.05) is 40.4 Å². The summed E-state index contributed by atoms with van der Waals surface area (Å²) in [5, 5.41) is 3.46. The molecule has 1 heterocycles. The maximum absolute atomic E-state index is 6.34. The molecular formula is C24H34N2O3. The molecule has 0 spiro atoms. The molecule has 0 aliphatic carbocycles. The van der Waals surface area contributed by atoms with E-state index >= 15 is 0 Å². The van der Waals surface area contributed by atoms with Crippen molar-refractivity contribution in [3.63, 3.8) is 0 Å². The summed E-state index contributed by atoms with van der Waals surface area (Å²) in [5.74, 6) is 2.34. The van der Waals surface area contributed by atoms with Crippen molar-refractivity contribution >= 4 is 0 Å². The van der Waals surface area contributed by atoms with Crippen LogP contribution in [0.15, 0.2) is 42.5 Å². The Hall–Kier alpha value is -2.24. The van der Waals surface area contributed by atoms with Gasteiger partial charge in [0.1, 0.15) is 12.4 Å². The van der Waals surface area contributed by atoms with Gasteiger partial charge in [-0.3, -0.25) is 4.90 Å². The molecule has 0 amide bonds. The first-order chi connectivity index (χ1) is 14.3. The number of hydrogen-bond acceptors (Lipinski definition) is 5. The Morgan fingerprint density at radius 1 is 0.966 bits per heavy atom. The summed E-state index contributed by atoms with van der Waals surface area (Å²) in [4.78, 5) is 2.57. The van der Waals surface area contributed by atoms with Crippen LogP contribution in [-0.4, -0.2) is 45.3 Å². The molecule has 0 radical (unpaired) electrons. The Morgan fingerprint density at radius 2 is 1.66 bits per heavy atom. The largest absolute Gasteiger partial charge is 0.493 e. The topological polar surface area (TPSA) is 43.0 Å². The van der Waals surface area contributed by atoms with Gasteiger partial charge in [0.2, 0.25) is 0 Å². The molecule has 1 N–H and O–H groups in total. The van der Waals surface area contributed by atoms with E-state index < -0.39 is 0 Å². The summed E-state index contributed by atoms with van der Waals surface area (Å²) in [7, 11) is 3.36. The number of nitrogens with zero attached hydrogens (tertiary/aromatic N) is 1. The van der Waals surface area contributed by atoms with E-state index in [9.17, 15) is 0 Å². The fourth-order valence-corrected chi connectivity index (χ4v) is 3.92. The molecule has 1 atom stereocenters. The summed E-state index contributed by atoms with van der Waals surface area (Å²) in [6.45, 7) is 6.91. The first kappa shape index (κ1) is 21.5. The van der Waals surface area contributed by atoms with E-state index in [1.54, 1.807) is 14.2 Å². The molecule has 3 rings (SSSR count). The monoisotopic (exact) mass is 398 g/mol. The van der Waals surface area contributed by atoms with Crippen LogP contribution in [0.3, 0.4) is 0 Å². The predicted molar refractivity (Wildman–Crippen MR) is 117 cm³/mol. The number of hydrogen-bond donors (Lipinski definition) is 1. The molecule has 0 bridgehead atoms. The van der Waals surface area contributed by atoms with Crippen LogP contribution in [0, 0.1) is 0 Å². The third kappa shape index (κ3) is 5.64. The molecule has 2 aromatic carbocycles. The van der Waals surface area contributed by atoms with Gasteiger partial charge in [0, 0.05) is 43.9 Å².